The first kappa shape index (κ1) is 8.26. The molecule has 64 valence electrons. The molecule has 0 aromatic carbocycles. The fourth-order valence-corrected chi connectivity index (χ4v) is 2.88. The van der Waals surface area contributed by atoms with E-state index in [1.165, 1.54) is 4.88 Å². The minimum Gasteiger partial charge on any atom is -0.355 e. The van der Waals surface area contributed by atoms with Gasteiger partial charge in [0.1, 0.15) is 0 Å². The first-order valence-corrected chi connectivity index (χ1v) is 5.38. The van der Waals surface area contributed by atoms with Crippen LogP contribution >= 0.6 is 27.3 Å². The van der Waals surface area contributed by atoms with Crippen LogP contribution in [0.2, 0.25) is 0 Å². The van der Waals surface area contributed by atoms with Crippen LogP contribution < -0.4 is 5.32 Å². The summed E-state index contributed by atoms with van der Waals surface area (Å²) < 4.78 is 1.14. The average molecular weight is 246 g/mol. The molecule has 4 heteroatoms. The summed E-state index contributed by atoms with van der Waals surface area (Å²) in [6, 6.07) is 4.11. The van der Waals surface area contributed by atoms with E-state index in [-0.39, 0.29) is 5.91 Å². The lowest BCUT2D eigenvalue weighted by Crippen LogP contribution is -2.13. The Kier molecular flexibility index (Phi) is 2.19. The molecule has 1 aliphatic heterocycles. The van der Waals surface area contributed by atoms with E-state index in [1.54, 1.807) is 11.3 Å². The summed E-state index contributed by atoms with van der Waals surface area (Å²) in [4.78, 5) is 12.2. The van der Waals surface area contributed by atoms with Gasteiger partial charge in [-0.05, 0) is 28.1 Å². The van der Waals surface area contributed by atoms with E-state index in [0.29, 0.717) is 12.3 Å². The topological polar surface area (TPSA) is 29.1 Å². The fourth-order valence-electron chi connectivity index (χ4n) is 1.35. The summed E-state index contributed by atoms with van der Waals surface area (Å²) in [5.41, 5.74) is 0. The quantitative estimate of drug-likeness (QED) is 0.807. The fraction of sp³-hybridized carbons (Fsp3) is 0.375. The van der Waals surface area contributed by atoms with Gasteiger partial charge in [0, 0.05) is 23.8 Å². The molecule has 0 saturated carbocycles. The third-order valence-corrected chi connectivity index (χ3v) is 3.76. The zero-order valence-electron chi connectivity index (χ0n) is 6.34. The summed E-state index contributed by atoms with van der Waals surface area (Å²) in [5, 5.41) is 2.83. The van der Waals surface area contributed by atoms with E-state index in [9.17, 15) is 4.79 Å². The number of thiophene rings is 1. The van der Waals surface area contributed by atoms with Gasteiger partial charge in [0.05, 0.1) is 3.79 Å². The van der Waals surface area contributed by atoms with Gasteiger partial charge in [-0.15, -0.1) is 11.3 Å². The highest BCUT2D eigenvalue weighted by molar-refractivity contribution is 9.11. The van der Waals surface area contributed by atoms with E-state index >= 15 is 0 Å². The SMILES string of the molecule is O=C1CC(c2ccc(Br)s2)CN1. The summed E-state index contributed by atoms with van der Waals surface area (Å²) in [6.45, 7) is 0.797. The molecule has 0 radical (unpaired) electrons. The smallest absolute Gasteiger partial charge is 0.220 e. The lowest BCUT2D eigenvalue weighted by molar-refractivity contribution is -0.119. The van der Waals surface area contributed by atoms with Gasteiger partial charge in [-0.1, -0.05) is 0 Å². The molecular formula is C8H8BrNOS. The molecule has 2 nitrogen and oxygen atoms in total. The van der Waals surface area contributed by atoms with Crippen LogP contribution in [-0.2, 0) is 4.79 Å². The van der Waals surface area contributed by atoms with E-state index in [2.05, 4.69) is 27.3 Å². The second kappa shape index (κ2) is 3.18. The molecule has 1 aromatic heterocycles. The highest BCUT2D eigenvalue weighted by atomic mass is 79.9. The molecule has 2 rings (SSSR count). The minimum atomic E-state index is 0.171. The zero-order chi connectivity index (χ0) is 8.55. The molecule has 12 heavy (non-hydrogen) atoms. The van der Waals surface area contributed by atoms with Crippen LogP contribution in [0.1, 0.15) is 17.2 Å². The van der Waals surface area contributed by atoms with Crippen molar-refractivity contribution in [1.82, 2.24) is 5.32 Å². The van der Waals surface area contributed by atoms with E-state index in [1.807, 2.05) is 6.07 Å². The number of carbonyl (C=O) groups is 1. The second-order valence-electron chi connectivity index (χ2n) is 2.85. The van der Waals surface area contributed by atoms with Crippen molar-refractivity contribution >= 4 is 33.2 Å². The van der Waals surface area contributed by atoms with Crippen molar-refractivity contribution in [2.75, 3.05) is 6.54 Å². The summed E-state index contributed by atoms with van der Waals surface area (Å²) in [7, 11) is 0. The molecular weight excluding hydrogens is 238 g/mol. The molecule has 1 fully saturated rings. The Morgan fingerprint density at radius 3 is 2.92 bits per heavy atom. The maximum atomic E-state index is 10.9. The molecule has 0 bridgehead atoms. The Balaban J connectivity index is 2.15. The molecule has 1 atom stereocenters. The molecule has 1 N–H and O–H groups in total. The van der Waals surface area contributed by atoms with Crippen LogP contribution in [0.3, 0.4) is 0 Å². The van der Waals surface area contributed by atoms with Gasteiger partial charge in [-0.3, -0.25) is 4.79 Å². The van der Waals surface area contributed by atoms with E-state index in [0.717, 1.165) is 10.3 Å². The number of hydrogen-bond donors (Lipinski definition) is 1. The van der Waals surface area contributed by atoms with E-state index < -0.39 is 0 Å². The van der Waals surface area contributed by atoms with Gasteiger partial charge in [-0.25, -0.2) is 0 Å². The van der Waals surface area contributed by atoms with Crippen LogP contribution in [-0.4, -0.2) is 12.5 Å². The van der Waals surface area contributed by atoms with Gasteiger partial charge in [0.2, 0.25) is 5.91 Å². The number of nitrogens with one attached hydrogen (secondary N) is 1. The molecule has 1 aliphatic rings. The molecule has 1 unspecified atom stereocenters. The van der Waals surface area contributed by atoms with Crippen molar-refractivity contribution in [2.45, 2.75) is 12.3 Å². The lowest BCUT2D eigenvalue weighted by atomic mass is 10.1. The molecule has 1 amide bonds. The first-order valence-electron chi connectivity index (χ1n) is 3.77. The van der Waals surface area contributed by atoms with Gasteiger partial charge in [0.25, 0.3) is 0 Å². The minimum absolute atomic E-state index is 0.171. The van der Waals surface area contributed by atoms with Crippen molar-refractivity contribution in [3.05, 3.63) is 20.8 Å². The second-order valence-corrected chi connectivity index (χ2v) is 5.34. The molecule has 0 aliphatic carbocycles. The highest BCUT2D eigenvalue weighted by Crippen LogP contribution is 2.31. The lowest BCUT2D eigenvalue weighted by Gasteiger charge is -2.01. The summed E-state index contributed by atoms with van der Waals surface area (Å²) >= 11 is 5.12. The largest absolute Gasteiger partial charge is 0.355 e. The Labute approximate surface area is 83.1 Å². The van der Waals surface area contributed by atoms with Crippen LogP contribution in [0.25, 0.3) is 0 Å². The monoisotopic (exact) mass is 245 g/mol. The third-order valence-electron chi connectivity index (χ3n) is 1.97. The number of amides is 1. The predicted octanol–water partition coefficient (Wildman–Crippen LogP) is 2.11. The van der Waals surface area contributed by atoms with Crippen molar-refractivity contribution in [3.8, 4) is 0 Å². The number of carbonyl (C=O) groups excluding carboxylic acids is 1. The van der Waals surface area contributed by atoms with Gasteiger partial charge in [-0.2, -0.15) is 0 Å². The van der Waals surface area contributed by atoms with E-state index in [4.69, 9.17) is 0 Å². The van der Waals surface area contributed by atoms with Crippen LogP contribution in [0.5, 0.6) is 0 Å². The maximum absolute atomic E-state index is 10.9. The molecule has 2 heterocycles. The van der Waals surface area contributed by atoms with Crippen LogP contribution in [0, 0.1) is 0 Å². The van der Waals surface area contributed by atoms with Crippen LogP contribution in [0.15, 0.2) is 15.9 Å². The number of rotatable bonds is 1. The van der Waals surface area contributed by atoms with Crippen LogP contribution in [0.4, 0.5) is 0 Å². The normalized spacial score (nSPS) is 22.8. The zero-order valence-corrected chi connectivity index (χ0v) is 8.74. The van der Waals surface area contributed by atoms with Crippen molar-refractivity contribution in [2.24, 2.45) is 0 Å². The number of hydrogen-bond acceptors (Lipinski definition) is 2. The maximum Gasteiger partial charge on any atom is 0.220 e. The number of halogens is 1. The molecule has 0 spiro atoms. The van der Waals surface area contributed by atoms with Gasteiger partial charge < -0.3 is 5.32 Å². The predicted molar refractivity (Wildman–Crippen MR) is 52.4 cm³/mol. The average Bonchev–Trinajstić information content (AvgIpc) is 2.58. The Hall–Kier alpha value is -0.350. The van der Waals surface area contributed by atoms with Gasteiger partial charge >= 0.3 is 0 Å². The van der Waals surface area contributed by atoms with Crippen molar-refractivity contribution in [1.29, 1.82) is 0 Å². The Bertz CT molecular complexity index is 310. The summed E-state index contributed by atoms with van der Waals surface area (Å²) in [5.74, 6) is 0.568. The Morgan fingerprint density at radius 1 is 1.58 bits per heavy atom. The van der Waals surface area contributed by atoms with Crippen molar-refractivity contribution < 1.29 is 4.79 Å². The Morgan fingerprint density at radius 2 is 2.42 bits per heavy atom. The van der Waals surface area contributed by atoms with Gasteiger partial charge in [0.15, 0.2) is 0 Å². The standard InChI is InChI=1S/C8H8BrNOS/c9-7-2-1-6(12-7)5-3-8(11)10-4-5/h1-2,5H,3-4H2,(H,10,11). The summed E-state index contributed by atoms with van der Waals surface area (Å²) in [6.07, 6.45) is 0.646. The van der Waals surface area contributed by atoms with Crippen molar-refractivity contribution in [3.63, 3.8) is 0 Å². The first-order chi connectivity index (χ1) is 5.75. The molecule has 1 aromatic rings. The third kappa shape index (κ3) is 1.54. The molecule has 1 saturated heterocycles. The highest BCUT2D eigenvalue weighted by Gasteiger charge is 2.23.